The monoisotopic (exact) mass is 345 g/mol. The van der Waals surface area contributed by atoms with E-state index in [1.165, 1.54) is 0 Å². The molecule has 0 aliphatic carbocycles. The van der Waals surface area contributed by atoms with Gasteiger partial charge in [0.2, 0.25) is 5.95 Å². The normalized spacial score (nSPS) is 20.3. The Morgan fingerprint density at radius 2 is 1.96 bits per heavy atom. The van der Waals surface area contributed by atoms with Crippen molar-refractivity contribution in [3.05, 3.63) is 59.7 Å². The van der Waals surface area contributed by atoms with Crippen LogP contribution in [0, 0.1) is 17.2 Å². The molecule has 0 radical (unpaired) electrons. The zero-order valence-electron chi connectivity index (χ0n) is 15.0. The number of nitrogens with zero attached hydrogens (tertiary/aromatic N) is 4. The molecule has 0 saturated carbocycles. The molecule has 1 aliphatic heterocycles. The Labute approximate surface area is 153 Å². The maximum Gasteiger partial charge on any atom is 0.206 e. The lowest BCUT2D eigenvalue weighted by Gasteiger charge is -2.36. The number of nitriles is 1. The van der Waals surface area contributed by atoms with E-state index in [0.717, 1.165) is 48.6 Å². The molecular weight excluding hydrogens is 322 g/mol. The van der Waals surface area contributed by atoms with Crippen LogP contribution in [0.3, 0.4) is 0 Å². The summed E-state index contributed by atoms with van der Waals surface area (Å²) in [6, 6.07) is 18.4. The third-order valence-electron chi connectivity index (χ3n) is 5.36. The van der Waals surface area contributed by atoms with E-state index in [-0.39, 0.29) is 6.04 Å². The molecule has 3 aromatic rings. The fraction of sp³-hybridized carbons (Fsp3) is 0.333. The van der Waals surface area contributed by atoms with Gasteiger partial charge in [-0.2, -0.15) is 5.26 Å². The average Bonchev–Trinajstić information content (AvgIpc) is 3.03. The molecule has 5 nitrogen and oxygen atoms in total. The molecule has 1 aliphatic rings. The summed E-state index contributed by atoms with van der Waals surface area (Å²) >= 11 is 0. The molecule has 5 heteroatoms. The van der Waals surface area contributed by atoms with Crippen LogP contribution in [0.25, 0.3) is 11.0 Å². The van der Waals surface area contributed by atoms with Crippen LogP contribution in [0.1, 0.15) is 24.5 Å². The van der Waals surface area contributed by atoms with Crippen molar-refractivity contribution in [1.82, 2.24) is 9.55 Å². The van der Waals surface area contributed by atoms with Crippen LogP contribution in [-0.2, 0) is 6.54 Å². The van der Waals surface area contributed by atoms with Crippen LogP contribution in [0.15, 0.2) is 48.5 Å². The predicted molar refractivity (Wildman–Crippen MR) is 104 cm³/mol. The van der Waals surface area contributed by atoms with E-state index < -0.39 is 0 Å². The van der Waals surface area contributed by atoms with Gasteiger partial charge in [0.1, 0.15) is 0 Å². The molecule has 2 aromatic carbocycles. The van der Waals surface area contributed by atoms with Gasteiger partial charge in [-0.25, -0.2) is 4.98 Å². The van der Waals surface area contributed by atoms with Crippen LogP contribution in [0.5, 0.6) is 0 Å². The summed E-state index contributed by atoms with van der Waals surface area (Å²) in [6.45, 7) is 4.76. The molecule has 2 heterocycles. The quantitative estimate of drug-likeness (QED) is 0.792. The highest BCUT2D eigenvalue weighted by atomic mass is 15.3. The summed E-state index contributed by atoms with van der Waals surface area (Å²) in [4.78, 5) is 7.22. The lowest BCUT2D eigenvalue weighted by molar-refractivity contribution is 0.375. The Kier molecular flexibility index (Phi) is 4.36. The van der Waals surface area contributed by atoms with Crippen molar-refractivity contribution in [2.24, 2.45) is 11.7 Å². The van der Waals surface area contributed by atoms with Gasteiger partial charge in [-0.05, 0) is 42.2 Å². The Bertz CT molecular complexity index is 951. The predicted octanol–water partition coefficient (Wildman–Crippen LogP) is 3.13. The van der Waals surface area contributed by atoms with Crippen molar-refractivity contribution < 1.29 is 0 Å². The zero-order valence-corrected chi connectivity index (χ0v) is 15.0. The van der Waals surface area contributed by atoms with E-state index in [1.54, 1.807) is 0 Å². The van der Waals surface area contributed by atoms with Crippen molar-refractivity contribution in [2.75, 3.05) is 18.0 Å². The smallest absolute Gasteiger partial charge is 0.206 e. The first-order valence-corrected chi connectivity index (χ1v) is 9.10. The summed E-state index contributed by atoms with van der Waals surface area (Å²) in [5, 5.41) is 9.00. The van der Waals surface area contributed by atoms with E-state index in [2.05, 4.69) is 34.6 Å². The fourth-order valence-corrected chi connectivity index (χ4v) is 3.61. The number of aromatic nitrogens is 2. The van der Waals surface area contributed by atoms with Gasteiger partial charge in [-0.3, -0.25) is 0 Å². The zero-order chi connectivity index (χ0) is 18.1. The standard InChI is InChI=1S/C21H23N5/c1-15-10-11-25(14-18(15)23)21-24-19-4-2-3-5-20(19)26(21)13-17-8-6-16(12-22)7-9-17/h2-9,15,18H,10-11,13-14,23H2,1H3/t15-,18+/m1/s1. The van der Waals surface area contributed by atoms with Gasteiger partial charge >= 0.3 is 0 Å². The maximum atomic E-state index is 9.00. The van der Waals surface area contributed by atoms with Crippen molar-refractivity contribution in [3.8, 4) is 6.07 Å². The van der Waals surface area contributed by atoms with Crippen molar-refractivity contribution in [2.45, 2.75) is 25.9 Å². The molecular formula is C21H23N5. The summed E-state index contributed by atoms with van der Waals surface area (Å²) < 4.78 is 2.26. The minimum atomic E-state index is 0.173. The third kappa shape index (κ3) is 3.04. The summed E-state index contributed by atoms with van der Waals surface area (Å²) in [7, 11) is 0. The molecule has 26 heavy (non-hydrogen) atoms. The van der Waals surface area contributed by atoms with Crippen LogP contribution in [0.4, 0.5) is 5.95 Å². The second kappa shape index (κ2) is 6.81. The van der Waals surface area contributed by atoms with Crippen LogP contribution in [0.2, 0.25) is 0 Å². The lowest BCUT2D eigenvalue weighted by atomic mass is 9.94. The first-order valence-electron chi connectivity index (χ1n) is 9.10. The van der Waals surface area contributed by atoms with Gasteiger partial charge in [0, 0.05) is 19.1 Å². The number of benzene rings is 2. The first kappa shape index (κ1) is 16.6. The first-order chi connectivity index (χ1) is 12.7. The van der Waals surface area contributed by atoms with Gasteiger partial charge in [-0.1, -0.05) is 31.2 Å². The molecule has 1 aromatic heterocycles. The molecule has 2 atom stereocenters. The Balaban J connectivity index is 1.73. The van der Waals surface area contributed by atoms with Gasteiger partial charge in [-0.15, -0.1) is 0 Å². The van der Waals surface area contributed by atoms with Crippen LogP contribution in [-0.4, -0.2) is 28.7 Å². The second-order valence-electron chi connectivity index (χ2n) is 7.17. The molecule has 2 N–H and O–H groups in total. The third-order valence-corrected chi connectivity index (χ3v) is 5.36. The number of para-hydroxylation sites is 2. The summed E-state index contributed by atoms with van der Waals surface area (Å²) in [5.74, 6) is 1.53. The number of piperidine rings is 1. The largest absolute Gasteiger partial charge is 0.341 e. The maximum absolute atomic E-state index is 9.00. The van der Waals surface area contributed by atoms with Crippen molar-refractivity contribution >= 4 is 17.0 Å². The van der Waals surface area contributed by atoms with Gasteiger partial charge in [0.15, 0.2) is 0 Å². The van der Waals surface area contributed by atoms with Gasteiger partial charge in [0.05, 0.1) is 29.2 Å². The highest BCUT2D eigenvalue weighted by Crippen LogP contribution is 2.27. The molecule has 0 spiro atoms. The van der Waals surface area contributed by atoms with E-state index >= 15 is 0 Å². The number of anilines is 1. The minimum absolute atomic E-state index is 0.173. The number of hydrogen-bond donors (Lipinski definition) is 1. The minimum Gasteiger partial charge on any atom is -0.341 e. The molecule has 1 saturated heterocycles. The number of rotatable bonds is 3. The van der Waals surface area contributed by atoms with E-state index in [1.807, 2.05) is 36.4 Å². The van der Waals surface area contributed by atoms with Gasteiger partial charge < -0.3 is 15.2 Å². The molecule has 4 rings (SSSR count). The molecule has 0 unspecified atom stereocenters. The second-order valence-corrected chi connectivity index (χ2v) is 7.17. The SMILES string of the molecule is C[C@@H]1CCN(c2nc3ccccc3n2Cc2ccc(C#N)cc2)C[C@@H]1N. The molecule has 0 bridgehead atoms. The lowest BCUT2D eigenvalue weighted by Crippen LogP contribution is -2.48. The topological polar surface area (TPSA) is 70.9 Å². The van der Waals surface area contributed by atoms with Crippen molar-refractivity contribution in [1.29, 1.82) is 5.26 Å². The Morgan fingerprint density at radius 1 is 1.19 bits per heavy atom. The highest BCUT2D eigenvalue weighted by molar-refractivity contribution is 5.79. The van der Waals surface area contributed by atoms with Crippen LogP contribution >= 0.6 is 0 Å². The fourth-order valence-electron chi connectivity index (χ4n) is 3.61. The molecule has 0 amide bonds. The van der Waals surface area contributed by atoms with Crippen molar-refractivity contribution in [3.63, 3.8) is 0 Å². The highest BCUT2D eigenvalue weighted by Gasteiger charge is 2.26. The summed E-state index contributed by atoms with van der Waals surface area (Å²) in [6.07, 6.45) is 1.08. The number of fused-ring (bicyclic) bond motifs is 1. The molecule has 1 fully saturated rings. The van der Waals surface area contributed by atoms with Crippen LogP contribution < -0.4 is 10.6 Å². The van der Waals surface area contributed by atoms with E-state index in [9.17, 15) is 0 Å². The number of imidazole rings is 1. The average molecular weight is 345 g/mol. The van der Waals surface area contributed by atoms with E-state index in [4.69, 9.17) is 16.0 Å². The Morgan fingerprint density at radius 3 is 2.69 bits per heavy atom. The summed E-state index contributed by atoms with van der Waals surface area (Å²) in [5.41, 5.74) is 10.3. The van der Waals surface area contributed by atoms with Gasteiger partial charge in [0.25, 0.3) is 0 Å². The Hall–Kier alpha value is -2.84. The molecule has 132 valence electrons. The van der Waals surface area contributed by atoms with E-state index in [0.29, 0.717) is 11.5 Å². The number of hydrogen-bond acceptors (Lipinski definition) is 4. The number of nitrogens with two attached hydrogens (primary N) is 1.